The van der Waals surface area contributed by atoms with E-state index in [-0.39, 0.29) is 12.5 Å². The van der Waals surface area contributed by atoms with E-state index < -0.39 is 0 Å². The van der Waals surface area contributed by atoms with E-state index in [0.717, 1.165) is 5.56 Å². The molecule has 5 heteroatoms. The quantitative estimate of drug-likeness (QED) is 0.799. The number of carbonyl (C=O) groups is 1. The normalized spacial score (nSPS) is 9.76. The van der Waals surface area contributed by atoms with Crippen LogP contribution in [0, 0.1) is 0 Å². The minimum atomic E-state index is -0.0501. The molecule has 0 saturated heterocycles. The molecule has 0 aromatic heterocycles. The molecule has 1 amide bonds. The first kappa shape index (κ1) is 13.4. The highest BCUT2D eigenvalue weighted by Gasteiger charge is 2.07. The van der Waals surface area contributed by atoms with Gasteiger partial charge in [-0.3, -0.25) is 4.79 Å². The summed E-state index contributed by atoms with van der Waals surface area (Å²) in [5.41, 5.74) is 6.26. The van der Waals surface area contributed by atoms with E-state index in [4.69, 9.17) is 22.7 Å². The van der Waals surface area contributed by atoms with Gasteiger partial charge in [-0.2, -0.15) is 0 Å². The van der Waals surface area contributed by atoms with Gasteiger partial charge in [0.1, 0.15) is 10.7 Å². The fourth-order valence-corrected chi connectivity index (χ4v) is 1.28. The Balaban J connectivity index is 2.53. The predicted octanol–water partition coefficient (Wildman–Crippen LogP) is 1.18. The smallest absolute Gasteiger partial charge is 0.260 e. The van der Waals surface area contributed by atoms with Crippen LogP contribution in [0.5, 0.6) is 5.75 Å². The lowest BCUT2D eigenvalue weighted by molar-refractivity contribution is -0.131. The van der Waals surface area contributed by atoms with E-state index >= 15 is 0 Å². The third-order valence-electron chi connectivity index (χ3n) is 2.40. The molecular formula is C12H16N2O2S. The average molecular weight is 252 g/mol. The van der Waals surface area contributed by atoms with Gasteiger partial charge in [0.2, 0.25) is 0 Å². The van der Waals surface area contributed by atoms with Crippen molar-refractivity contribution in [2.24, 2.45) is 5.73 Å². The second-order valence-electron chi connectivity index (χ2n) is 3.59. The molecule has 0 atom stereocenters. The van der Waals surface area contributed by atoms with Gasteiger partial charge in [-0.15, -0.1) is 0 Å². The van der Waals surface area contributed by atoms with Gasteiger partial charge in [-0.1, -0.05) is 12.2 Å². The van der Waals surface area contributed by atoms with Crippen LogP contribution in [0.1, 0.15) is 12.5 Å². The lowest BCUT2D eigenvalue weighted by atomic mass is 10.2. The topological polar surface area (TPSA) is 55.6 Å². The number of rotatable bonds is 5. The van der Waals surface area contributed by atoms with Crippen LogP contribution < -0.4 is 10.5 Å². The van der Waals surface area contributed by atoms with E-state index in [1.165, 1.54) is 0 Å². The van der Waals surface area contributed by atoms with Gasteiger partial charge >= 0.3 is 0 Å². The van der Waals surface area contributed by atoms with Gasteiger partial charge in [0, 0.05) is 19.2 Å². The number of hydrogen-bond acceptors (Lipinski definition) is 3. The van der Waals surface area contributed by atoms with Crippen LogP contribution >= 0.6 is 12.2 Å². The maximum atomic E-state index is 11.5. The number of ether oxygens (including phenoxy) is 1. The Morgan fingerprint density at radius 1 is 1.41 bits per heavy atom. The van der Waals surface area contributed by atoms with Crippen LogP contribution in [-0.4, -0.2) is 36.0 Å². The molecule has 0 spiro atoms. The van der Waals surface area contributed by atoms with Gasteiger partial charge in [-0.25, -0.2) is 0 Å². The monoisotopic (exact) mass is 252 g/mol. The third kappa shape index (κ3) is 4.03. The van der Waals surface area contributed by atoms with Crippen molar-refractivity contribution in [1.29, 1.82) is 0 Å². The molecule has 0 heterocycles. The van der Waals surface area contributed by atoms with Gasteiger partial charge < -0.3 is 15.4 Å². The number of amides is 1. The number of hydrogen-bond donors (Lipinski definition) is 1. The molecule has 0 aliphatic carbocycles. The SMILES string of the molecule is CCN(C)C(=O)COc1ccc(C(N)=S)cc1. The van der Waals surface area contributed by atoms with Crippen LogP contribution in [0.2, 0.25) is 0 Å². The Labute approximate surface area is 106 Å². The Kier molecular flexibility index (Phi) is 4.90. The van der Waals surface area contributed by atoms with Gasteiger partial charge in [0.15, 0.2) is 6.61 Å². The third-order valence-corrected chi connectivity index (χ3v) is 2.64. The first-order chi connectivity index (χ1) is 8.04. The number of thiocarbonyl (C=S) groups is 1. The summed E-state index contributed by atoms with van der Waals surface area (Å²) in [7, 11) is 1.74. The van der Waals surface area contributed by atoms with E-state index in [1.54, 1.807) is 36.2 Å². The highest BCUT2D eigenvalue weighted by molar-refractivity contribution is 7.80. The number of nitrogens with zero attached hydrogens (tertiary/aromatic N) is 1. The first-order valence-corrected chi connectivity index (χ1v) is 5.72. The molecule has 2 N–H and O–H groups in total. The van der Waals surface area contributed by atoms with Crippen LogP contribution in [0.15, 0.2) is 24.3 Å². The van der Waals surface area contributed by atoms with Crippen molar-refractivity contribution in [3.8, 4) is 5.75 Å². The Hall–Kier alpha value is -1.62. The van der Waals surface area contributed by atoms with Crippen molar-refractivity contribution < 1.29 is 9.53 Å². The van der Waals surface area contributed by atoms with Gasteiger partial charge in [-0.05, 0) is 31.2 Å². The highest BCUT2D eigenvalue weighted by atomic mass is 32.1. The maximum absolute atomic E-state index is 11.5. The zero-order valence-electron chi connectivity index (χ0n) is 9.97. The van der Waals surface area contributed by atoms with E-state index in [0.29, 0.717) is 17.3 Å². The molecule has 0 aliphatic heterocycles. The number of nitrogens with two attached hydrogens (primary N) is 1. The Morgan fingerprint density at radius 2 is 2.00 bits per heavy atom. The summed E-state index contributed by atoms with van der Waals surface area (Å²) in [5, 5.41) is 0. The van der Waals surface area contributed by atoms with Crippen molar-refractivity contribution in [3.05, 3.63) is 29.8 Å². The van der Waals surface area contributed by atoms with E-state index in [2.05, 4.69) is 0 Å². The van der Waals surface area contributed by atoms with Crippen molar-refractivity contribution in [3.63, 3.8) is 0 Å². The summed E-state index contributed by atoms with van der Waals surface area (Å²) in [6, 6.07) is 7.03. The Morgan fingerprint density at radius 3 is 2.47 bits per heavy atom. The predicted molar refractivity (Wildman–Crippen MR) is 71.1 cm³/mol. The lowest BCUT2D eigenvalue weighted by Gasteiger charge is -2.14. The number of carbonyl (C=O) groups excluding carboxylic acids is 1. The molecule has 0 saturated carbocycles. The average Bonchev–Trinajstić information content (AvgIpc) is 2.35. The van der Waals surface area contributed by atoms with Crippen molar-refractivity contribution >= 4 is 23.1 Å². The molecule has 0 radical (unpaired) electrons. The molecule has 0 bridgehead atoms. The summed E-state index contributed by atoms with van der Waals surface area (Å²) >= 11 is 4.84. The fraction of sp³-hybridized carbons (Fsp3) is 0.333. The molecule has 17 heavy (non-hydrogen) atoms. The largest absolute Gasteiger partial charge is 0.484 e. The van der Waals surface area contributed by atoms with E-state index in [9.17, 15) is 4.79 Å². The lowest BCUT2D eigenvalue weighted by Crippen LogP contribution is -2.31. The summed E-state index contributed by atoms with van der Waals surface area (Å²) in [4.78, 5) is 13.4. The molecule has 1 rings (SSSR count). The second kappa shape index (κ2) is 6.20. The molecule has 0 fully saturated rings. The van der Waals surface area contributed by atoms with Gasteiger partial charge in [0.25, 0.3) is 5.91 Å². The molecular weight excluding hydrogens is 236 g/mol. The maximum Gasteiger partial charge on any atom is 0.260 e. The molecule has 0 unspecified atom stereocenters. The van der Waals surface area contributed by atoms with Crippen LogP contribution in [-0.2, 0) is 4.79 Å². The molecule has 1 aromatic rings. The van der Waals surface area contributed by atoms with Crippen LogP contribution in [0.25, 0.3) is 0 Å². The minimum Gasteiger partial charge on any atom is -0.484 e. The first-order valence-electron chi connectivity index (χ1n) is 5.31. The Bertz CT molecular complexity index is 403. The number of likely N-dealkylation sites (N-methyl/N-ethyl adjacent to an activating group) is 1. The standard InChI is InChI=1S/C12H16N2O2S/c1-3-14(2)11(15)8-16-10-6-4-9(5-7-10)12(13)17/h4-7H,3,8H2,1-2H3,(H2,13,17). The molecule has 4 nitrogen and oxygen atoms in total. The summed E-state index contributed by atoms with van der Waals surface area (Å²) < 4.78 is 5.35. The van der Waals surface area contributed by atoms with Crippen molar-refractivity contribution in [1.82, 2.24) is 4.90 Å². The summed E-state index contributed by atoms with van der Waals surface area (Å²) in [5.74, 6) is 0.578. The van der Waals surface area contributed by atoms with Crippen LogP contribution in [0.4, 0.5) is 0 Å². The highest BCUT2D eigenvalue weighted by Crippen LogP contribution is 2.12. The minimum absolute atomic E-state index is 0.0385. The zero-order valence-corrected chi connectivity index (χ0v) is 10.8. The molecule has 0 aliphatic rings. The zero-order chi connectivity index (χ0) is 12.8. The number of benzene rings is 1. The van der Waals surface area contributed by atoms with Crippen LogP contribution in [0.3, 0.4) is 0 Å². The van der Waals surface area contributed by atoms with Gasteiger partial charge in [0.05, 0.1) is 0 Å². The fourth-order valence-electron chi connectivity index (χ4n) is 1.15. The summed E-state index contributed by atoms with van der Waals surface area (Å²) in [6.07, 6.45) is 0. The summed E-state index contributed by atoms with van der Waals surface area (Å²) in [6.45, 7) is 2.62. The van der Waals surface area contributed by atoms with Crippen molar-refractivity contribution in [2.75, 3.05) is 20.2 Å². The van der Waals surface area contributed by atoms with E-state index in [1.807, 2.05) is 6.92 Å². The van der Waals surface area contributed by atoms with Crippen molar-refractivity contribution in [2.45, 2.75) is 6.92 Å². The molecule has 1 aromatic carbocycles. The second-order valence-corrected chi connectivity index (χ2v) is 4.03. The molecule has 92 valence electrons.